The summed E-state index contributed by atoms with van der Waals surface area (Å²) in [6, 6.07) is 0. The molecule has 0 radical (unpaired) electrons. The van der Waals surface area contributed by atoms with Crippen LogP contribution in [0.5, 0.6) is 0 Å². The van der Waals surface area contributed by atoms with E-state index >= 15 is 0 Å². The molecule has 4 saturated carbocycles. The average Bonchev–Trinajstić information content (AvgIpc) is 2.18. The molecule has 22 heavy (non-hydrogen) atoms. The summed E-state index contributed by atoms with van der Waals surface area (Å²) in [7, 11) is 0. The minimum atomic E-state index is -4.91. The van der Waals surface area contributed by atoms with Crippen molar-refractivity contribution in [1.82, 2.24) is 0 Å². The van der Waals surface area contributed by atoms with Gasteiger partial charge < -0.3 is 20.1 Å². The predicted molar refractivity (Wildman–Crippen MR) is 66.6 cm³/mol. The number of carbonyl (C=O) groups is 1. The monoisotopic (exact) mass is 322 g/mol. The van der Waals surface area contributed by atoms with Gasteiger partial charge in [-0.15, -0.1) is 0 Å². The van der Waals surface area contributed by atoms with Crippen molar-refractivity contribution in [3.8, 4) is 0 Å². The number of ether oxygens (including phenoxy) is 1. The van der Waals surface area contributed by atoms with Crippen LogP contribution < -0.4 is 0 Å². The molecule has 0 atom stereocenters. The second-order valence-electron chi connectivity index (χ2n) is 7.28. The number of rotatable bonds is 2. The summed E-state index contributed by atoms with van der Waals surface area (Å²) in [6.45, 7) is 2.69. The van der Waals surface area contributed by atoms with Gasteiger partial charge in [-0.1, -0.05) is 6.58 Å². The Hall–Kier alpha value is -1.12. The van der Waals surface area contributed by atoms with E-state index in [0.717, 1.165) is 0 Å². The fourth-order valence-corrected chi connectivity index (χ4v) is 4.87. The van der Waals surface area contributed by atoms with Crippen LogP contribution in [0.3, 0.4) is 0 Å². The molecule has 0 amide bonds. The third-order valence-corrected chi connectivity index (χ3v) is 4.83. The third-order valence-electron chi connectivity index (χ3n) is 4.83. The molecule has 0 aliphatic heterocycles. The first-order valence-electron chi connectivity index (χ1n) is 6.95. The van der Waals surface area contributed by atoms with Gasteiger partial charge in [-0.3, -0.25) is 0 Å². The van der Waals surface area contributed by atoms with Crippen molar-refractivity contribution in [3.05, 3.63) is 12.2 Å². The predicted octanol–water partition coefficient (Wildman–Crippen LogP) is 0.962. The van der Waals surface area contributed by atoms with Crippen molar-refractivity contribution in [1.29, 1.82) is 0 Å². The zero-order valence-electron chi connectivity index (χ0n) is 11.7. The fourth-order valence-electron chi connectivity index (χ4n) is 4.87. The number of halogens is 3. The molecule has 0 saturated heterocycles. The first kappa shape index (κ1) is 15.8. The van der Waals surface area contributed by atoms with Crippen molar-refractivity contribution in [3.63, 3.8) is 0 Å². The molecule has 124 valence electrons. The van der Waals surface area contributed by atoms with E-state index in [4.69, 9.17) is 4.74 Å². The van der Waals surface area contributed by atoms with Gasteiger partial charge in [0.25, 0.3) is 0 Å². The van der Waals surface area contributed by atoms with Crippen LogP contribution in [0.4, 0.5) is 13.2 Å². The normalized spacial score (nSPS) is 46.6. The molecule has 0 aromatic rings. The number of hydrogen-bond donors (Lipinski definition) is 3. The maximum Gasteiger partial charge on any atom is 0.422 e. The van der Waals surface area contributed by atoms with Gasteiger partial charge in [0, 0.05) is 38.5 Å². The van der Waals surface area contributed by atoms with Crippen LogP contribution in [0.1, 0.15) is 38.5 Å². The van der Waals surface area contributed by atoms with Crippen molar-refractivity contribution in [2.45, 2.75) is 67.1 Å². The molecule has 0 spiro atoms. The van der Waals surface area contributed by atoms with Gasteiger partial charge in [0.15, 0.2) is 0 Å². The van der Waals surface area contributed by atoms with Gasteiger partial charge in [-0.25, -0.2) is 4.79 Å². The maximum absolute atomic E-state index is 12.5. The minimum Gasteiger partial charge on any atom is -0.455 e. The molecule has 5 nitrogen and oxygen atoms in total. The van der Waals surface area contributed by atoms with E-state index in [1.165, 1.54) is 0 Å². The Morgan fingerprint density at radius 1 is 0.909 bits per heavy atom. The van der Waals surface area contributed by atoms with Crippen LogP contribution >= 0.6 is 0 Å². The van der Waals surface area contributed by atoms with E-state index in [0.29, 0.717) is 0 Å². The number of hydrogen-bond acceptors (Lipinski definition) is 5. The fraction of sp³-hybridized carbons (Fsp3) is 0.786. The van der Waals surface area contributed by atoms with Gasteiger partial charge >= 0.3 is 12.1 Å². The van der Waals surface area contributed by atoms with E-state index in [1.807, 2.05) is 0 Å². The highest BCUT2D eigenvalue weighted by atomic mass is 19.4. The van der Waals surface area contributed by atoms with Crippen molar-refractivity contribution < 1.29 is 38.0 Å². The summed E-state index contributed by atoms with van der Waals surface area (Å²) >= 11 is 0. The molecule has 4 bridgehead atoms. The quantitative estimate of drug-likeness (QED) is 0.521. The largest absolute Gasteiger partial charge is 0.455 e. The lowest BCUT2D eigenvalue weighted by molar-refractivity contribution is -0.300. The molecular weight excluding hydrogens is 305 g/mol. The van der Waals surface area contributed by atoms with Gasteiger partial charge in [0.05, 0.1) is 16.8 Å². The van der Waals surface area contributed by atoms with Crippen molar-refractivity contribution in [2.24, 2.45) is 0 Å². The highest BCUT2D eigenvalue weighted by Crippen LogP contribution is 2.62. The summed E-state index contributed by atoms with van der Waals surface area (Å²) < 4.78 is 42.6. The molecule has 4 aliphatic rings. The Balaban J connectivity index is 1.88. The lowest BCUT2D eigenvalue weighted by Gasteiger charge is -2.64. The Morgan fingerprint density at radius 2 is 1.27 bits per heavy atom. The van der Waals surface area contributed by atoms with Crippen LogP contribution in [0, 0.1) is 0 Å². The lowest BCUT2D eigenvalue weighted by atomic mass is 9.48. The molecule has 0 aromatic carbocycles. The van der Waals surface area contributed by atoms with Crippen LogP contribution in [-0.4, -0.2) is 49.9 Å². The van der Waals surface area contributed by atoms with Gasteiger partial charge in [0.2, 0.25) is 0 Å². The van der Waals surface area contributed by atoms with E-state index in [1.54, 1.807) is 0 Å². The molecule has 0 unspecified atom stereocenters. The Labute approximate surface area is 124 Å². The molecule has 0 heterocycles. The molecule has 0 aromatic heterocycles. The molecule has 3 N–H and O–H groups in total. The zero-order chi connectivity index (χ0) is 16.6. The molecule has 4 rings (SSSR count). The number of alkyl halides is 3. The summed E-state index contributed by atoms with van der Waals surface area (Å²) in [4.78, 5) is 11.7. The maximum atomic E-state index is 12.5. The second-order valence-corrected chi connectivity index (χ2v) is 7.28. The van der Waals surface area contributed by atoms with E-state index < -0.39 is 40.1 Å². The standard InChI is InChI=1S/C14H17F3O5/c1-8(14(15,16)17)9(18)22-13-5-10(19)2-11(20,6-13)4-12(21,3-10)7-13/h19-21H,1-7H2. The van der Waals surface area contributed by atoms with Gasteiger partial charge in [0.1, 0.15) is 11.2 Å². The Bertz CT molecular complexity index is 502. The summed E-state index contributed by atoms with van der Waals surface area (Å²) in [5.74, 6) is -1.63. The van der Waals surface area contributed by atoms with E-state index in [2.05, 4.69) is 6.58 Å². The second kappa shape index (κ2) is 4.04. The first-order chi connectivity index (χ1) is 9.78. The van der Waals surface area contributed by atoms with Crippen LogP contribution in [-0.2, 0) is 9.53 Å². The topological polar surface area (TPSA) is 87.0 Å². The Kier molecular flexibility index (Phi) is 2.89. The highest BCUT2D eigenvalue weighted by molar-refractivity contribution is 5.89. The third kappa shape index (κ3) is 2.43. The van der Waals surface area contributed by atoms with Crippen LogP contribution in [0.2, 0.25) is 0 Å². The molecule has 8 heteroatoms. The molecular formula is C14H17F3O5. The van der Waals surface area contributed by atoms with E-state index in [9.17, 15) is 33.3 Å². The lowest BCUT2D eigenvalue weighted by Crippen LogP contribution is -2.72. The Morgan fingerprint density at radius 3 is 1.59 bits per heavy atom. The molecule has 4 fully saturated rings. The van der Waals surface area contributed by atoms with Gasteiger partial charge in [-0.05, 0) is 0 Å². The van der Waals surface area contributed by atoms with Crippen molar-refractivity contribution >= 4 is 5.97 Å². The number of aliphatic hydroxyl groups is 3. The highest BCUT2D eigenvalue weighted by Gasteiger charge is 2.69. The van der Waals surface area contributed by atoms with E-state index in [-0.39, 0.29) is 38.5 Å². The van der Waals surface area contributed by atoms with Crippen LogP contribution in [0.25, 0.3) is 0 Å². The minimum absolute atomic E-state index is 0.0157. The average molecular weight is 322 g/mol. The summed E-state index contributed by atoms with van der Waals surface area (Å²) in [5.41, 5.74) is -7.48. The number of carbonyl (C=O) groups excluding carboxylic acids is 1. The van der Waals surface area contributed by atoms with Gasteiger partial charge in [-0.2, -0.15) is 13.2 Å². The van der Waals surface area contributed by atoms with Crippen molar-refractivity contribution in [2.75, 3.05) is 0 Å². The summed E-state index contributed by atoms with van der Waals surface area (Å²) in [6.07, 6.45) is -5.15. The molecule has 4 aliphatic carbocycles. The smallest absolute Gasteiger partial charge is 0.422 e. The number of esters is 1. The van der Waals surface area contributed by atoms with Crippen LogP contribution in [0.15, 0.2) is 12.2 Å². The summed E-state index contributed by atoms with van der Waals surface area (Å²) in [5, 5.41) is 31.4. The first-order valence-corrected chi connectivity index (χ1v) is 6.95. The SMILES string of the molecule is C=C(C(=O)OC12CC3(O)CC(O)(CC(O)(C3)C1)C2)C(F)(F)F. The zero-order valence-corrected chi connectivity index (χ0v) is 11.7.